The van der Waals surface area contributed by atoms with Gasteiger partial charge in [-0.25, -0.2) is 0 Å². The predicted molar refractivity (Wildman–Crippen MR) is 79.9 cm³/mol. The average molecular weight is 306 g/mol. The maximum absolute atomic E-state index is 8.24. The van der Waals surface area contributed by atoms with Crippen molar-refractivity contribution in [3.63, 3.8) is 0 Å². The van der Waals surface area contributed by atoms with Crippen LogP contribution in [0.4, 0.5) is 0 Å². The van der Waals surface area contributed by atoms with Crippen molar-refractivity contribution in [3.8, 4) is 0 Å². The van der Waals surface area contributed by atoms with E-state index < -0.39 is 5.54 Å². The molecule has 0 saturated heterocycles. The standard InChI is InChI=1S/C13H28BrN3/c1-8(2)6-11(15)10(7-9(3)14)12(16)13(4,5)17/h8-11,16H,6-7,15,17H2,1-5H3/t9-,10?,11+/m0/s1. The molecule has 0 aromatic heterocycles. The minimum absolute atomic E-state index is 0.0188. The third-order valence-electron chi connectivity index (χ3n) is 2.90. The molecule has 0 aliphatic carbocycles. The van der Waals surface area contributed by atoms with Gasteiger partial charge in [0.1, 0.15) is 0 Å². The Morgan fingerprint density at radius 1 is 1.24 bits per heavy atom. The maximum atomic E-state index is 8.24. The maximum Gasteiger partial charge on any atom is 0.0483 e. The van der Waals surface area contributed by atoms with E-state index in [1.54, 1.807) is 0 Å². The molecule has 4 heteroatoms. The fraction of sp³-hybridized carbons (Fsp3) is 0.923. The highest BCUT2D eigenvalue weighted by Crippen LogP contribution is 2.24. The fourth-order valence-corrected chi connectivity index (χ4v) is 2.45. The molecule has 0 fully saturated rings. The number of hydrogen-bond donors (Lipinski definition) is 3. The van der Waals surface area contributed by atoms with Crippen molar-refractivity contribution in [2.24, 2.45) is 23.3 Å². The van der Waals surface area contributed by atoms with E-state index in [4.69, 9.17) is 16.9 Å². The summed E-state index contributed by atoms with van der Waals surface area (Å²) in [6, 6.07) is 0.0188. The quantitative estimate of drug-likeness (QED) is 0.499. The van der Waals surface area contributed by atoms with Gasteiger partial charge in [-0.3, -0.25) is 0 Å². The second-order valence-electron chi connectivity index (χ2n) is 6.05. The van der Waals surface area contributed by atoms with Gasteiger partial charge in [0.15, 0.2) is 0 Å². The lowest BCUT2D eigenvalue weighted by Gasteiger charge is -2.33. The van der Waals surface area contributed by atoms with Crippen LogP contribution in [0.2, 0.25) is 0 Å². The Balaban J connectivity index is 4.81. The van der Waals surface area contributed by atoms with Crippen molar-refractivity contribution in [1.82, 2.24) is 0 Å². The lowest BCUT2D eigenvalue weighted by Crippen LogP contribution is -2.50. The zero-order chi connectivity index (χ0) is 13.8. The predicted octanol–water partition coefficient (Wildman–Crippen LogP) is 2.91. The Hall–Kier alpha value is 0.0700. The van der Waals surface area contributed by atoms with Crippen LogP contribution < -0.4 is 11.5 Å². The van der Waals surface area contributed by atoms with Gasteiger partial charge >= 0.3 is 0 Å². The second-order valence-corrected chi connectivity index (χ2v) is 7.61. The molecule has 102 valence electrons. The van der Waals surface area contributed by atoms with Crippen molar-refractivity contribution in [2.45, 2.75) is 63.9 Å². The topological polar surface area (TPSA) is 75.9 Å². The van der Waals surface area contributed by atoms with E-state index in [2.05, 4.69) is 36.7 Å². The number of halogens is 1. The van der Waals surface area contributed by atoms with Crippen LogP contribution in [0.15, 0.2) is 0 Å². The minimum atomic E-state index is -0.582. The van der Waals surface area contributed by atoms with Gasteiger partial charge < -0.3 is 16.9 Å². The van der Waals surface area contributed by atoms with E-state index >= 15 is 0 Å². The molecular weight excluding hydrogens is 278 g/mol. The zero-order valence-electron chi connectivity index (χ0n) is 11.8. The lowest BCUT2D eigenvalue weighted by atomic mass is 9.79. The van der Waals surface area contributed by atoms with Gasteiger partial charge in [0.05, 0.1) is 0 Å². The van der Waals surface area contributed by atoms with E-state index in [9.17, 15) is 0 Å². The molecule has 5 N–H and O–H groups in total. The van der Waals surface area contributed by atoms with Crippen LogP contribution in [0, 0.1) is 17.2 Å². The first-order chi connectivity index (χ1) is 7.55. The first-order valence-corrected chi connectivity index (χ1v) is 7.24. The van der Waals surface area contributed by atoms with E-state index in [1.165, 1.54) is 0 Å². The molecule has 0 rings (SSSR count). The van der Waals surface area contributed by atoms with Gasteiger partial charge in [-0.15, -0.1) is 0 Å². The Bertz CT molecular complexity index is 244. The highest BCUT2D eigenvalue weighted by atomic mass is 79.9. The molecule has 0 spiro atoms. The average Bonchev–Trinajstić information content (AvgIpc) is 2.09. The van der Waals surface area contributed by atoms with Gasteiger partial charge in [-0.2, -0.15) is 0 Å². The van der Waals surface area contributed by atoms with E-state index in [1.807, 2.05) is 13.8 Å². The van der Waals surface area contributed by atoms with E-state index in [0.717, 1.165) is 12.8 Å². The van der Waals surface area contributed by atoms with Gasteiger partial charge in [-0.05, 0) is 32.6 Å². The molecule has 0 radical (unpaired) electrons. The summed E-state index contributed by atoms with van der Waals surface area (Å²) < 4.78 is 0. The van der Waals surface area contributed by atoms with Gasteiger partial charge in [0.2, 0.25) is 0 Å². The van der Waals surface area contributed by atoms with Gasteiger partial charge in [-0.1, -0.05) is 36.7 Å². The summed E-state index contributed by atoms with van der Waals surface area (Å²) in [5.74, 6) is 0.610. The summed E-state index contributed by atoms with van der Waals surface area (Å²) in [6.45, 7) is 10.2. The Morgan fingerprint density at radius 3 is 2.00 bits per heavy atom. The number of nitrogens with one attached hydrogen (secondary N) is 1. The Labute approximate surface area is 114 Å². The van der Waals surface area contributed by atoms with Crippen LogP contribution in [-0.4, -0.2) is 22.1 Å². The van der Waals surface area contributed by atoms with Gasteiger partial charge in [0, 0.05) is 28.0 Å². The summed E-state index contributed by atoms with van der Waals surface area (Å²) in [5.41, 5.74) is 12.3. The third-order valence-corrected chi connectivity index (χ3v) is 3.28. The van der Waals surface area contributed by atoms with Crippen LogP contribution in [0.3, 0.4) is 0 Å². The zero-order valence-corrected chi connectivity index (χ0v) is 13.3. The Morgan fingerprint density at radius 2 is 1.71 bits per heavy atom. The number of rotatable bonds is 7. The lowest BCUT2D eigenvalue weighted by molar-refractivity contribution is 0.400. The van der Waals surface area contributed by atoms with Crippen molar-refractivity contribution >= 4 is 21.6 Å². The first kappa shape index (κ1) is 17.1. The molecule has 17 heavy (non-hydrogen) atoms. The fourth-order valence-electron chi connectivity index (χ4n) is 2.04. The molecule has 0 aliphatic heterocycles. The molecule has 3 atom stereocenters. The van der Waals surface area contributed by atoms with Crippen molar-refractivity contribution < 1.29 is 0 Å². The van der Waals surface area contributed by atoms with Crippen LogP contribution in [-0.2, 0) is 0 Å². The molecule has 1 unspecified atom stereocenters. The summed E-state index contributed by atoms with van der Waals surface area (Å²) in [6.07, 6.45) is 1.80. The highest BCUT2D eigenvalue weighted by molar-refractivity contribution is 9.09. The smallest absolute Gasteiger partial charge is 0.0483 e. The molecular formula is C13H28BrN3. The first-order valence-electron chi connectivity index (χ1n) is 6.33. The van der Waals surface area contributed by atoms with Crippen LogP contribution >= 0.6 is 15.9 Å². The van der Waals surface area contributed by atoms with Gasteiger partial charge in [0.25, 0.3) is 0 Å². The molecule has 3 nitrogen and oxygen atoms in total. The third kappa shape index (κ3) is 6.53. The highest BCUT2D eigenvalue weighted by Gasteiger charge is 2.31. The minimum Gasteiger partial charge on any atom is -0.327 e. The summed E-state index contributed by atoms with van der Waals surface area (Å²) in [5, 5.41) is 8.24. The number of alkyl halides is 1. The molecule has 0 aromatic carbocycles. The van der Waals surface area contributed by atoms with Crippen LogP contribution in [0.25, 0.3) is 0 Å². The monoisotopic (exact) mass is 305 g/mol. The summed E-state index contributed by atoms with van der Waals surface area (Å²) in [7, 11) is 0. The molecule has 0 heterocycles. The molecule has 0 aliphatic rings. The number of hydrogen-bond acceptors (Lipinski definition) is 3. The van der Waals surface area contributed by atoms with Crippen LogP contribution in [0.5, 0.6) is 0 Å². The van der Waals surface area contributed by atoms with Crippen molar-refractivity contribution in [2.75, 3.05) is 0 Å². The van der Waals surface area contributed by atoms with E-state index in [-0.39, 0.29) is 12.0 Å². The SMILES string of the molecule is CC(C)C[C@@H](N)C(C[C@H](C)Br)C(=N)C(C)(C)N. The molecule has 0 amide bonds. The van der Waals surface area contributed by atoms with Crippen LogP contribution in [0.1, 0.15) is 47.5 Å². The molecule has 0 aromatic rings. The summed E-state index contributed by atoms with van der Waals surface area (Å²) in [4.78, 5) is 0.355. The molecule has 0 saturated carbocycles. The van der Waals surface area contributed by atoms with Crippen molar-refractivity contribution in [3.05, 3.63) is 0 Å². The Kier molecular flexibility index (Phi) is 6.89. The number of nitrogens with two attached hydrogens (primary N) is 2. The molecule has 0 bridgehead atoms. The largest absolute Gasteiger partial charge is 0.327 e. The van der Waals surface area contributed by atoms with Crippen molar-refractivity contribution in [1.29, 1.82) is 5.41 Å². The normalized spacial score (nSPS) is 17.9. The summed E-state index contributed by atoms with van der Waals surface area (Å²) >= 11 is 3.55. The second kappa shape index (κ2) is 6.86. The van der Waals surface area contributed by atoms with E-state index in [0.29, 0.717) is 16.5 Å².